The summed E-state index contributed by atoms with van der Waals surface area (Å²) in [5, 5.41) is 3.70. The molecule has 80 valence electrons. The molecule has 1 fully saturated rings. The molecule has 1 heteroatoms. The van der Waals surface area contributed by atoms with Gasteiger partial charge in [-0.15, -0.1) is 0 Å². The van der Waals surface area contributed by atoms with Crippen molar-refractivity contribution in [3.63, 3.8) is 0 Å². The van der Waals surface area contributed by atoms with Crippen molar-refractivity contribution >= 4 is 0 Å². The maximum absolute atomic E-state index is 3.70. The van der Waals surface area contributed by atoms with Crippen molar-refractivity contribution in [2.45, 2.75) is 57.9 Å². The number of allylic oxidation sites excluding steroid dienone is 1. The zero-order chi connectivity index (χ0) is 9.80. The summed E-state index contributed by atoms with van der Waals surface area (Å²) in [6.07, 6.45) is 12.3. The van der Waals surface area contributed by atoms with Crippen LogP contribution >= 0.6 is 0 Å². The second kappa shape index (κ2) is 4.97. The molecule has 2 aliphatic rings. The minimum atomic E-state index is 0.731. The molecule has 0 aromatic rings. The van der Waals surface area contributed by atoms with Gasteiger partial charge in [0.2, 0.25) is 0 Å². The first-order valence-electron chi connectivity index (χ1n) is 6.35. The van der Waals surface area contributed by atoms with Gasteiger partial charge in [-0.2, -0.15) is 0 Å². The van der Waals surface area contributed by atoms with Crippen LogP contribution in [-0.4, -0.2) is 12.6 Å². The quantitative estimate of drug-likeness (QED) is 0.678. The molecule has 1 nitrogen and oxygen atoms in total. The second-order valence-corrected chi connectivity index (χ2v) is 4.77. The van der Waals surface area contributed by atoms with Crippen molar-refractivity contribution in [2.24, 2.45) is 5.92 Å². The number of hydrogen-bond donors (Lipinski definition) is 1. The Morgan fingerprint density at radius 2 is 2.14 bits per heavy atom. The summed E-state index contributed by atoms with van der Waals surface area (Å²) in [6.45, 7) is 3.44. The van der Waals surface area contributed by atoms with Gasteiger partial charge in [0, 0.05) is 6.04 Å². The molecule has 1 saturated carbocycles. The molecule has 2 unspecified atom stereocenters. The predicted octanol–water partition coefficient (Wildman–Crippen LogP) is 3.27. The minimum absolute atomic E-state index is 0.731. The summed E-state index contributed by atoms with van der Waals surface area (Å²) in [5.41, 5.74) is 1.76. The lowest BCUT2D eigenvalue weighted by atomic mass is 9.75. The van der Waals surface area contributed by atoms with E-state index in [1.54, 1.807) is 5.57 Å². The summed E-state index contributed by atoms with van der Waals surface area (Å²) >= 11 is 0. The van der Waals surface area contributed by atoms with E-state index in [2.05, 4.69) is 18.3 Å². The molecule has 0 saturated heterocycles. The molecule has 1 N–H and O–H groups in total. The molecule has 2 rings (SSSR count). The Kier molecular flexibility index (Phi) is 3.63. The Balaban J connectivity index is 1.97. The van der Waals surface area contributed by atoms with E-state index in [0.717, 1.165) is 12.0 Å². The van der Waals surface area contributed by atoms with Crippen molar-refractivity contribution in [1.29, 1.82) is 0 Å². The highest BCUT2D eigenvalue weighted by Crippen LogP contribution is 2.36. The van der Waals surface area contributed by atoms with Gasteiger partial charge in [-0.1, -0.05) is 25.0 Å². The van der Waals surface area contributed by atoms with Crippen molar-refractivity contribution < 1.29 is 0 Å². The average molecular weight is 193 g/mol. The Hall–Kier alpha value is -0.300. The highest BCUT2D eigenvalue weighted by molar-refractivity contribution is 5.19. The van der Waals surface area contributed by atoms with Gasteiger partial charge in [0.1, 0.15) is 0 Å². The van der Waals surface area contributed by atoms with Crippen molar-refractivity contribution in [2.75, 3.05) is 6.54 Å². The van der Waals surface area contributed by atoms with Crippen LogP contribution in [-0.2, 0) is 0 Å². The molecule has 0 heterocycles. The van der Waals surface area contributed by atoms with Crippen LogP contribution in [0.2, 0.25) is 0 Å². The molecular weight excluding hydrogens is 170 g/mol. The molecule has 0 aromatic heterocycles. The van der Waals surface area contributed by atoms with E-state index in [4.69, 9.17) is 0 Å². The summed E-state index contributed by atoms with van der Waals surface area (Å²) in [7, 11) is 0. The van der Waals surface area contributed by atoms with Gasteiger partial charge in [0.25, 0.3) is 0 Å². The molecule has 0 aromatic carbocycles. The molecular formula is C13H23N. The fraction of sp³-hybridized carbons (Fsp3) is 0.846. The predicted molar refractivity (Wildman–Crippen MR) is 61.4 cm³/mol. The van der Waals surface area contributed by atoms with Gasteiger partial charge < -0.3 is 5.32 Å². The normalized spacial score (nSPS) is 32.2. The lowest BCUT2D eigenvalue weighted by Crippen LogP contribution is -2.37. The van der Waals surface area contributed by atoms with Crippen LogP contribution in [0.5, 0.6) is 0 Å². The standard InChI is InChI=1S/C13H23N/c1-2-10-14-13-9-5-7-11-6-3-4-8-12(11)13/h8,11,13-14H,2-7,9-10H2,1H3. The Bertz CT molecular complexity index is 207. The van der Waals surface area contributed by atoms with Crippen LogP contribution in [0.15, 0.2) is 11.6 Å². The molecule has 2 atom stereocenters. The lowest BCUT2D eigenvalue weighted by molar-refractivity contribution is 0.344. The third-order valence-electron chi connectivity index (χ3n) is 3.70. The Morgan fingerprint density at radius 1 is 1.29 bits per heavy atom. The fourth-order valence-corrected chi connectivity index (χ4v) is 2.98. The van der Waals surface area contributed by atoms with Gasteiger partial charge in [-0.3, -0.25) is 0 Å². The summed E-state index contributed by atoms with van der Waals surface area (Å²) in [4.78, 5) is 0. The zero-order valence-corrected chi connectivity index (χ0v) is 9.39. The van der Waals surface area contributed by atoms with Gasteiger partial charge in [-0.05, 0) is 51.0 Å². The largest absolute Gasteiger partial charge is 0.310 e. The SMILES string of the molecule is CCCNC1CCCC2CCCC=C21. The first-order valence-corrected chi connectivity index (χ1v) is 6.35. The minimum Gasteiger partial charge on any atom is -0.310 e. The van der Waals surface area contributed by atoms with E-state index in [1.165, 1.54) is 51.5 Å². The van der Waals surface area contributed by atoms with Crippen molar-refractivity contribution in [3.8, 4) is 0 Å². The molecule has 0 amide bonds. The number of rotatable bonds is 3. The van der Waals surface area contributed by atoms with Crippen LogP contribution in [0.4, 0.5) is 0 Å². The molecule has 0 spiro atoms. The molecule has 0 radical (unpaired) electrons. The Morgan fingerprint density at radius 3 is 3.00 bits per heavy atom. The van der Waals surface area contributed by atoms with E-state index >= 15 is 0 Å². The fourth-order valence-electron chi connectivity index (χ4n) is 2.98. The van der Waals surface area contributed by atoms with Gasteiger partial charge >= 0.3 is 0 Å². The van der Waals surface area contributed by atoms with Crippen LogP contribution in [0.1, 0.15) is 51.9 Å². The summed E-state index contributed by atoms with van der Waals surface area (Å²) in [6, 6.07) is 0.731. The van der Waals surface area contributed by atoms with Crippen molar-refractivity contribution in [3.05, 3.63) is 11.6 Å². The maximum atomic E-state index is 3.70. The van der Waals surface area contributed by atoms with Crippen LogP contribution in [0.25, 0.3) is 0 Å². The third-order valence-corrected chi connectivity index (χ3v) is 3.70. The number of fused-ring (bicyclic) bond motifs is 1. The monoisotopic (exact) mass is 193 g/mol. The topological polar surface area (TPSA) is 12.0 Å². The first kappa shape index (κ1) is 10.2. The highest BCUT2D eigenvalue weighted by atomic mass is 14.9. The van der Waals surface area contributed by atoms with Gasteiger partial charge in [-0.25, -0.2) is 0 Å². The van der Waals surface area contributed by atoms with E-state index < -0.39 is 0 Å². The molecule has 14 heavy (non-hydrogen) atoms. The van der Waals surface area contributed by atoms with Gasteiger partial charge in [0.15, 0.2) is 0 Å². The molecule has 0 bridgehead atoms. The highest BCUT2D eigenvalue weighted by Gasteiger charge is 2.27. The van der Waals surface area contributed by atoms with Crippen molar-refractivity contribution in [1.82, 2.24) is 5.32 Å². The summed E-state index contributed by atoms with van der Waals surface area (Å²) < 4.78 is 0. The molecule has 2 aliphatic carbocycles. The van der Waals surface area contributed by atoms with E-state index in [9.17, 15) is 0 Å². The number of hydrogen-bond acceptors (Lipinski definition) is 1. The smallest absolute Gasteiger partial charge is 0.0282 e. The summed E-state index contributed by atoms with van der Waals surface area (Å²) in [5.74, 6) is 0.937. The van der Waals surface area contributed by atoms with Crippen LogP contribution in [0.3, 0.4) is 0 Å². The van der Waals surface area contributed by atoms with E-state index in [0.29, 0.717) is 0 Å². The second-order valence-electron chi connectivity index (χ2n) is 4.77. The zero-order valence-electron chi connectivity index (χ0n) is 9.39. The first-order chi connectivity index (χ1) is 6.92. The van der Waals surface area contributed by atoms with E-state index in [-0.39, 0.29) is 0 Å². The average Bonchev–Trinajstić information content (AvgIpc) is 2.26. The Labute approximate surface area is 88.0 Å². The maximum Gasteiger partial charge on any atom is 0.0282 e. The van der Waals surface area contributed by atoms with Crippen LogP contribution < -0.4 is 5.32 Å². The van der Waals surface area contributed by atoms with E-state index in [1.807, 2.05) is 0 Å². The van der Waals surface area contributed by atoms with Gasteiger partial charge in [0.05, 0.1) is 0 Å². The number of nitrogens with one attached hydrogen (secondary N) is 1. The third kappa shape index (κ3) is 2.20. The molecule has 0 aliphatic heterocycles. The lowest BCUT2D eigenvalue weighted by Gasteiger charge is -2.35. The van der Waals surface area contributed by atoms with Crippen LogP contribution in [0, 0.1) is 5.92 Å².